The van der Waals surface area contributed by atoms with E-state index < -0.39 is 90.1 Å². The first kappa shape index (κ1) is 93.5. The Labute approximate surface area is 716 Å². The number of hydrogen-bond donors (Lipinski definition) is 14. The van der Waals surface area contributed by atoms with Crippen molar-refractivity contribution in [3.05, 3.63) is 236 Å². The third-order valence-corrected chi connectivity index (χ3v) is 19.6. The molecular weight excluding hydrogens is 1620 g/mol. The molecule has 9 amide bonds. The minimum atomic E-state index is -1.29. The quantitative estimate of drug-likeness (QED) is 0.00562. The number of aromatic amines is 1. The van der Waals surface area contributed by atoms with Gasteiger partial charge in [0.2, 0.25) is 47.3 Å². The molecule has 0 fully saturated rings. The number of amidine groups is 1. The summed E-state index contributed by atoms with van der Waals surface area (Å²) in [6.45, 7) is 3.86. The van der Waals surface area contributed by atoms with Crippen LogP contribution in [0.1, 0.15) is 125 Å². The number of nitrogens with one attached hydrogen (secondary N) is 10. The summed E-state index contributed by atoms with van der Waals surface area (Å²) >= 11 is 0. The van der Waals surface area contributed by atoms with Crippen LogP contribution in [0.5, 0.6) is 0 Å². The summed E-state index contributed by atoms with van der Waals surface area (Å²) in [5, 5.41) is 31.4. The molecule has 7 heterocycles. The Hall–Kier alpha value is -13.0. The number of pyridine rings is 6. The number of fused-ring (bicyclic) bond motifs is 6. The van der Waals surface area contributed by atoms with Crippen LogP contribution in [-0.4, -0.2) is 161 Å². The van der Waals surface area contributed by atoms with Gasteiger partial charge in [0.25, 0.3) is 5.91 Å². The van der Waals surface area contributed by atoms with Gasteiger partial charge in [0.15, 0.2) is 0 Å². The summed E-state index contributed by atoms with van der Waals surface area (Å²) in [6, 6.07) is 48.7. The van der Waals surface area contributed by atoms with Crippen LogP contribution in [0, 0.1) is 11.3 Å². The molecular formula is C90H107N21O9Ru. The number of nitrogens with zero attached hydrogens (tertiary/aromatic N) is 7. The molecule has 30 nitrogen and oxygen atoms in total. The van der Waals surface area contributed by atoms with Crippen LogP contribution in [0.2, 0.25) is 0 Å². The molecule has 634 valence electrons. The first-order valence-electron chi connectivity index (χ1n) is 40.5. The predicted molar refractivity (Wildman–Crippen MR) is 463 cm³/mol. The zero-order valence-corrected chi connectivity index (χ0v) is 69.7. The number of benzene rings is 4. The molecule has 18 N–H and O–H groups in total. The first-order valence-corrected chi connectivity index (χ1v) is 40.5. The summed E-state index contributed by atoms with van der Waals surface area (Å²) in [5.41, 5.74) is 32.1. The van der Waals surface area contributed by atoms with Crippen LogP contribution in [0.3, 0.4) is 0 Å². The fourth-order valence-electron chi connectivity index (χ4n) is 13.2. The third kappa shape index (κ3) is 30.1. The van der Waals surface area contributed by atoms with E-state index in [4.69, 9.17) is 33.3 Å². The van der Waals surface area contributed by atoms with Crippen molar-refractivity contribution in [2.45, 2.75) is 153 Å². The molecule has 0 aliphatic rings. The number of unbranched alkanes of at least 4 members (excludes halogenated alkanes) is 5. The number of H-pyrrole nitrogens is 1. The van der Waals surface area contributed by atoms with Crippen molar-refractivity contribution < 1.29 is 62.6 Å². The molecule has 7 aromatic heterocycles. The molecule has 0 bridgehead atoms. The van der Waals surface area contributed by atoms with E-state index in [0.29, 0.717) is 106 Å². The average molecular weight is 1730 g/mol. The minimum Gasteiger partial charge on any atom is -0.388 e. The van der Waals surface area contributed by atoms with Gasteiger partial charge in [0.1, 0.15) is 42.1 Å². The zero-order valence-electron chi connectivity index (χ0n) is 67.9. The average Bonchev–Trinajstić information content (AvgIpc) is 0.982. The van der Waals surface area contributed by atoms with E-state index in [1.54, 1.807) is 124 Å². The Bertz CT molecular complexity index is 4900. The van der Waals surface area contributed by atoms with Crippen molar-refractivity contribution in [2.75, 3.05) is 26.2 Å². The molecule has 31 heteroatoms. The second-order valence-corrected chi connectivity index (χ2v) is 29.1. The summed E-state index contributed by atoms with van der Waals surface area (Å²) < 4.78 is 0. The van der Waals surface area contributed by atoms with Gasteiger partial charge >= 0.3 is 0 Å². The molecule has 11 aromatic rings. The van der Waals surface area contributed by atoms with Crippen molar-refractivity contribution in [3.63, 3.8) is 0 Å². The molecule has 0 saturated carbocycles. The normalized spacial score (nSPS) is 12.3. The van der Waals surface area contributed by atoms with Gasteiger partial charge in [-0.2, -0.15) is 0 Å². The molecule has 0 radical (unpaired) electrons. The summed E-state index contributed by atoms with van der Waals surface area (Å²) in [6.07, 6.45) is 16.1. The Kier molecular flexibility index (Phi) is 38.7. The molecule has 4 aromatic carbocycles. The first-order chi connectivity index (χ1) is 58.3. The molecule has 6 unspecified atom stereocenters. The number of carbonyl (C=O) groups excluding carboxylic acids is 9. The summed E-state index contributed by atoms with van der Waals surface area (Å²) in [5.74, 6) is -5.48. The fourth-order valence-corrected chi connectivity index (χ4v) is 13.2. The number of carbonyl (C=O) groups is 9. The Morgan fingerprint density at radius 2 is 0.843 bits per heavy atom. The van der Waals surface area contributed by atoms with Gasteiger partial charge in [0.05, 0.1) is 57.2 Å². The van der Waals surface area contributed by atoms with E-state index in [0.717, 1.165) is 61.2 Å². The van der Waals surface area contributed by atoms with E-state index in [2.05, 4.69) is 77.4 Å². The molecule has 0 aliphatic carbocycles. The van der Waals surface area contributed by atoms with E-state index in [9.17, 15) is 43.2 Å². The molecule has 121 heavy (non-hydrogen) atoms. The van der Waals surface area contributed by atoms with Crippen molar-refractivity contribution in [1.82, 2.24) is 82.4 Å². The predicted octanol–water partition coefficient (Wildman–Crippen LogP) is 8.31. The van der Waals surface area contributed by atoms with Crippen molar-refractivity contribution in [3.8, 4) is 34.2 Å². The van der Waals surface area contributed by atoms with Gasteiger partial charge < -0.3 is 70.5 Å². The Morgan fingerprint density at radius 1 is 0.405 bits per heavy atom. The topological polar surface area (TPSA) is 484 Å². The molecule has 6 atom stereocenters. The smallest absolute Gasteiger partial charge is 0.251 e. The zero-order chi connectivity index (χ0) is 85.4. The molecule has 0 spiro atoms. The van der Waals surface area contributed by atoms with Gasteiger partial charge in [-0.05, 0) is 179 Å². The summed E-state index contributed by atoms with van der Waals surface area (Å²) in [7, 11) is 0. The number of imidazole rings is 1. The van der Waals surface area contributed by atoms with Gasteiger partial charge in [-0.1, -0.05) is 124 Å². The third-order valence-electron chi connectivity index (χ3n) is 19.6. The van der Waals surface area contributed by atoms with E-state index >= 15 is 0 Å². The van der Waals surface area contributed by atoms with Crippen LogP contribution in [-0.2, 0) is 70.7 Å². The number of hydrogen-bond acceptors (Lipinski definition) is 19. The number of nitrogens with two attached hydrogens (primary N) is 4. The van der Waals surface area contributed by atoms with Gasteiger partial charge in [-0.3, -0.25) is 78.5 Å². The van der Waals surface area contributed by atoms with Gasteiger partial charge in [-0.25, -0.2) is 4.98 Å². The van der Waals surface area contributed by atoms with Crippen LogP contribution in [0.15, 0.2) is 219 Å². The number of amides is 9. The van der Waals surface area contributed by atoms with E-state index in [1.165, 1.54) is 0 Å². The van der Waals surface area contributed by atoms with E-state index in [1.807, 2.05) is 109 Å². The van der Waals surface area contributed by atoms with Crippen molar-refractivity contribution in [2.24, 2.45) is 28.9 Å². The largest absolute Gasteiger partial charge is 0.388 e. The van der Waals surface area contributed by atoms with Gasteiger partial charge in [-0.15, -0.1) is 0 Å². The monoisotopic (exact) mass is 1730 g/mol. The number of aromatic nitrogens is 8. The number of primary amides is 1. The second kappa shape index (κ2) is 50.1. The van der Waals surface area contributed by atoms with Crippen LogP contribution in [0.4, 0.5) is 0 Å². The Balaban J connectivity index is 0.000000614. The van der Waals surface area contributed by atoms with Crippen molar-refractivity contribution >= 4 is 91.8 Å². The summed E-state index contributed by atoms with van der Waals surface area (Å²) in [4.78, 5) is 158. The van der Waals surface area contributed by atoms with Crippen LogP contribution >= 0.6 is 0 Å². The molecule has 0 aliphatic heterocycles. The number of rotatable bonds is 42. The Morgan fingerprint density at radius 3 is 1.35 bits per heavy atom. The maximum Gasteiger partial charge on any atom is 0.251 e. The molecule has 11 rings (SSSR count). The molecule has 0 saturated heterocycles. The van der Waals surface area contributed by atoms with Crippen LogP contribution < -0.4 is 65.5 Å². The fraction of sp³-hybridized carbons (Fsp3) is 0.322. The maximum absolute atomic E-state index is 14.5. The second-order valence-electron chi connectivity index (χ2n) is 29.1. The SMILES string of the molecule is CC(C)C(NC(=O)C(CCCCN)NC(=O)CCCCCNC(=O)c1ccc(-c2nc3c4cccnc4c4ncccc4c3[nH]2)cc1)C(=O)NCC(=O)NC(Cc1ccccc1)C(=O)NC(Cc1ccccc1)C(=O)NC(CCCCN)C(=O)NC(CCCCC(=N)N)C(N)=O.[Ru].c1ccc(-c2ccccn2)nc1.c1ccc(-c2ccccn2)nc1. The standard InChI is InChI=1S/C70H91N17O9.2C10H8N2.Ru/c1-43(2)58(87-67(93)51(27-13-15-35-71)80-56(88)30-10-5-17-37-78-65(91)47-33-31-46(32-34-47)64-85-61-48-24-18-38-76-59(48)60-49(62(61)86-64)25-19-39-77-60)70(96)79-42-57(89)81-53(40-44-20-6-3-7-21-44)68(94)84-54(41-45-22-8-4-9-23-45)69(95)83-52(28-14-16-36-72)66(92)82-50(63(75)90)26-11-12-29-55(73)74;2*1-3-7-11-9(5-1)10-6-2-4-8-12-10;/h3-4,6-9,18-25,31-34,38-39,43,50-54,58H,5,10-17,26-30,35-37,40-42,71-72H2,1-2H3,(H3,73,74)(H2,75,90)(H,78,91)(H,79,96)(H,80,88)(H,81,89)(H,82,92)(H,83,95)(H,84,94)(H,85,86)(H,87,93);2*1-8H;. The van der Waals surface area contributed by atoms with Crippen LogP contribution in [0.25, 0.3) is 67.0 Å². The maximum atomic E-state index is 14.5. The minimum absolute atomic E-state index is 0. The van der Waals surface area contributed by atoms with E-state index in [-0.39, 0.29) is 75.7 Å². The van der Waals surface area contributed by atoms with Crippen molar-refractivity contribution in [1.29, 1.82) is 5.41 Å². The van der Waals surface area contributed by atoms with Gasteiger partial charge in [0, 0.05) is 111 Å².